The maximum atomic E-state index is 13.8. The van der Waals surface area contributed by atoms with Gasteiger partial charge in [0.25, 0.3) is 0 Å². The van der Waals surface area contributed by atoms with E-state index in [0.29, 0.717) is 23.7 Å². The summed E-state index contributed by atoms with van der Waals surface area (Å²) in [7, 11) is 2.30. The lowest BCUT2D eigenvalue weighted by molar-refractivity contribution is -0.150. The second kappa shape index (κ2) is 6.39. The van der Waals surface area contributed by atoms with Crippen molar-refractivity contribution >= 4 is 5.78 Å². The van der Waals surface area contributed by atoms with E-state index < -0.39 is 0 Å². The van der Waals surface area contributed by atoms with E-state index in [0.717, 1.165) is 45.7 Å². The van der Waals surface area contributed by atoms with Crippen molar-refractivity contribution in [2.75, 3.05) is 39.9 Å². The van der Waals surface area contributed by atoms with Gasteiger partial charge in [0.05, 0.1) is 19.3 Å². The summed E-state index contributed by atoms with van der Waals surface area (Å²) in [4.78, 5) is 18.8. The van der Waals surface area contributed by atoms with Crippen LogP contribution in [0.15, 0.2) is 12.2 Å². The smallest absolute Gasteiger partial charge is 0.156 e. The Morgan fingerprint density at radius 3 is 2.57 bits per heavy atom. The van der Waals surface area contributed by atoms with E-state index in [9.17, 15) is 4.79 Å². The zero-order valence-electron chi connectivity index (χ0n) is 18.2. The highest BCUT2D eigenvalue weighted by Crippen LogP contribution is 2.69. The zero-order chi connectivity index (χ0) is 19.7. The number of rotatable bonds is 1. The number of ether oxygens (including phenoxy) is 1. The highest BCUT2D eigenvalue weighted by atomic mass is 16.5. The molecule has 156 valence electrons. The van der Waals surface area contributed by atoms with Crippen LogP contribution in [0.25, 0.3) is 0 Å². The first-order chi connectivity index (χ1) is 13.3. The molecule has 7 atom stereocenters. The lowest BCUT2D eigenvalue weighted by atomic mass is 9.43. The number of carbonyl (C=O) groups is 1. The minimum Gasteiger partial charge on any atom is -0.379 e. The molecule has 3 aliphatic carbocycles. The normalized spacial score (nSPS) is 52.2. The van der Waals surface area contributed by atoms with E-state index in [-0.39, 0.29) is 22.3 Å². The Balaban J connectivity index is 1.49. The van der Waals surface area contributed by atoms with Crippen LogP contribution in [0.2, 0.25) is 0 Å². The first-order valence-corrected chi connectivity index (χ1v) is 11.6. The summed E-state index contributed by atoms with van der Waals surface area (Å²) in [6, 6.07) is 0.784. The molecule has 4 nitrogen and oxygen atoms in total. The minimum absolute atomic E-state index is 0.118. The molecule has 28 heavy (non-hydrogen) atoms. The molecule has 4 fully saturated rings. The fourth-order valence-corrected chi connectivity index (χ4v) is 8.30. The SMILES string of the molecule is CN1CC=C[C@]2(C)C3CC[C@]4(C)C(=O)[C@@H](N5CCOCC5)C[C@@]4(C)C3CC[C@@H]12. The molecule has 2 heterocycles. The molecule has 0 spiro atoms. The van der Waals surface area contributed by atoms with Crippen LogP contribution >= 0.6 is 0 Å². The molecule has 0 bridgehead atoms. The summed E-state index contributed by atoms with van der Waals surface area (Å²) >= 11 is 0. The van der Waals surface area contributed by atoms with E-state index in [1.165, 1.54) is 19.3 Å². The minimum atomic E-state index is -0.148. The van der Waals surface area contributed by atoms with Crippen molar-refractivity contribution in [2.24, 2.45) is 28.1 Å². The standard InChI is InChI=1S/C24H38N2O2/c1-22-9-5-11-25(4)20(22)7-6-18-17(22)8-10-23(2)21(27)19(16-24(18,23)3)26-12-14-28-15-13-26/h5,9,17-20H,6-8,10-16H2,1-4H3/t17?,18?,19-,20+,22+,23+,24-/m0/s1. The molecule has 0 N–H and O–H groups in total. The maximum absolute atomic E-state index is 13.8. The van der Waals surface area contributed by atoms with E-state index in [1.54, 1.807) is 0 Å². The summed E-state index contributed by atoms with van der Waals surface area (Å²) in [6.45, 7) is 11.8. The second-order valence-electron chi connectivity index (χ2n) is 11.0. The predicted molar refractivity (Wildman–Crippen MR) is 111 cm³/mol. The molecule has 1 saturated heterocycles. The van der Waals surface area contributed by atoms with Gasteiger partial charge in [-0.2, -0.15) is 0 Å². The first kappa shape index (κ1) is 19.3. The maximum Gasteiger partial charge on any atom is 0.156 e. The second-order valence-corrected chi connectivity index (χ2v) is 11.0. The quantitative estimate of drug-likeness (QED) is 0.647. The molecule has 0 aromatic heterocycles. The van der Waals surface area contributed by atoms with Gasteiger partial charge in [-0.1, -0.05) is 32.9 Å². The van der Waals surface area contributed by atoms with Gasteiger partial charge in [0, 0.05) is 36.5 Å². The number of morpholine rings is 1. The molecular formula is C24H38N2O2. The van der Waals surface area contributed by atoms with Gasteiger partial charge in [-0.3, -0.25) is 14.6 Å². The van der Waals surface area contributed by atoms with Crippen LogP contribution in [0.5, 0.6) is 0 Å². The Morgan fingerprint density at radius 2 is 1.82 bits per heavy atom. The van der Waals surface area contributed by atoms with E-state index >= 15 is 0 Å². The Bertz CT molecular complexity index is 686. The molecule has 0 radical (unpaired) electrons. The van der Waals surface area contributed by atoms with Crippen molar-refractivity contribution in [3.63, 3.8) is 0 Å². The molecule has 2 unspecified atom stereocenters. The summed E-state index contributed by atoms with van der Waals surface area (Å²) in [5.74, 6) is 1.91. The Labute approximate surface area is 170 Å². The van der Waals surface area contributed by atoms with Crippen LogP contribution in [0.4, 0.5) is 0 Å². The van der Waals surface area contributed by atoms with Gasteiger partial charge < -0.3 is 4.74 Å². The Hall–Kier alpha value is -0.710. The van der Waals surface area contributed by atoms with Crippen LogP contribution in [-0.2, 0) is 9.53 Å². The fraction of sp³-hybridized carbons (Fsp3) is 0.875. The molecular weight excluding hydrogens is 348 g/mol. The van der Waals surface area contributed by atoms with E-state index in [1.807, 2.05) is 0 Å². The molecule has 2 aliphatic heterocycles. The number of nitrogens with zero attached hydrogens (tertiary/aromatic N) is 2. The molecule has 0 amide bonds. The summed E-state index contributed by atoms with van der Waals surface area (Å²) in [5, 5.41) is 0. The average Bonchev–Trinajstić information content (AvgIpc) is 2.90. The largest absolute Gasteiger partial charge is 0.379 e. The third-order valence-electron chi connectivity index (χ3n) is 10.1. The number of likely N-dealkylation sites (N-methyl/N-ethyl adjacent to an activating group) is 1. The van der Waals surface area contributed by atoms with E-state index in [2.05, 4.69) is 49.8 Å². The summed E-state index contributed by atoms with van der Waals surface area (Å²) in [5.41, 5.74) is 0.249. The van der Waals surface area contributed by atoms with Crippen molar-refractivity contribution in [1.82, 2.24) is 9.80 Å². The number of Topliss-reactive ketones (excluding diaryl/α,β-unsaturated/α-hetero) is 1. The number of ketones is 1. The van der Waals surface area contributed by atoms with Gasteiger partial charge >= 0.3 is 0 Å². The van der Waals surface area contributed by atoms with Crippen LogP contribution < -0.4 is 0 Å². The average molecular weight is 387 g/mol. The van der Waals surface area contributed by atoms with Crippen molar-refractivity contribution in [3.8, 4) is 0 Å². The number of carbonyl (C=O) groups excluding carboxylic acids is 1. The van der Waals surface area contributed by atoms with Gasteiger partial charge in [0.1, 0.15) is 0 Å². The topological polar surface area (TPSA) is 32.8 Å². The zero-order valence-corrected chi connectivity index (χ0v) is 18.2. The molecule has 5 aliphatic rings. The third-order valence-corrected chi connectivity index (χ3v) is 10.1. The van der Waals surface area contributed by atoms with Gasteiger partial charge in [0.2, 0.25) is 0 Å². The lowest BCUT2D eigenvalue weighted by Crippen LogP contribution is -2.61. The number of hydrogen-bond donors (Lipinski definition) is 0. The van der Waals surface area contributed by atoms with E-state index in [4.69, 9.17) is 4.74 Å². The Morgan fingerprint density at radius 1 is 1.07 bits per heavy atom. The van der Waals surface area contributed by atoms with Crippen LogP contribution in [0.1, 0.15) is 52.9 Å². The predicted octanol–water partition coefficient (Wildman–Crippen LogP) is 3.37. The van der Waals surface area contributed by atoms with Crippen molar-refractivity contribution in [1.29, 1.82) is 0 Å². The monoisotopic (exact) mass is 386 g/mol. The number of fused-ring (bicyclic) bond motifs is 5. The van der Waals surface area contributed by atoms with Gasteiger partial charge in [-0.05, 0) is 56.4 Å². The molecule has 4 heteroatoms. The highest BCUT2D eigenvalue weighted by molar-refractivity contribution is 5.93. The molecule has 0 aromatic rings. The highest BCUT2D eigenvalue weighted by Gasteiger charge is 2.68. The van der Waals surface area contributed by atoms with Gasteiger partial charge in [-0.25, -0.2) is 0 Å². The Kier molecular flexibility index (Phi) is 4.40. The van der Waals surface area contributed by atoms with Crippen molar-refractivity contribution in [2.45, 2.75) is 65.0 Å². The van der Waals surface area contributed by atoms with Gasteiger partial charge in [-0.15, -0.1) is 0 Å². The fourth-order valence-electron chi connectivity index (χ4n) is 8.30. The van der Waals surface area contributed by atoms with Crippen LogP contribution in [0, 0.1) is 28.1 Å². The van der Waals surface area contributed by atoms with Crippen molar-refractivity contribution in [3.05, 3.63) is 12.2 Å². The molecule has 5 rings (SSSR count). The van der Waals surface area contributed by atoms with Crippen LogP contribution in [-0.4, -0.2) is 67.6 Å². The number of hydrogen-bond acceptors (Lipinski definition) is 4. The molecule has 3 saturated carbocycles. The summed E-state index contributed by atoms with van der Waals surface area (Å²) < 4.78 is 5.57. The first-order valence-electron chi connectivity index (χ1n) is 11.6. The van der Waals surface area contributed by atoms with Crippen LogP contribution in [0.3, 0.4) is 0 Å². The summed E-state index contributed by atoms with van der Waals surface area (Å²) in [6.07, 6.45) is 10.9. The third kappa shape index (κ3) is 2.37. The van der Waals surface area contributed by atoms with Gasteiger partial charge in [0.15, 0.2) is 5.78 Å². The lowest BCUT2D eigenvalue weighted by Gasteiger charge is -2.63. The molecule has 0 aromatic carbocycles. The van der Waals surface area contributed by atoms with Crippen molar-refractivity contribution < 1.29 is 9.53 Å².